The van der Waals surface area contributed by atoms with Crippen molar-refractivity contribution in [2.45, 2.75) is 69.3 Å². The summed E-state index contributed by atoms with van der Waals surface area (Å²) in [5, 5.41) is 6.88. The lowest BCUT2D eigenvalue weighted by Crippen LogP contribution is -2.48. The van der Waals surface area contributed by atoms with E-state index in [-0.39, 0.29) is 42.3 Å². The highest BCUT2D eigenvalue weighted by Crippen LogP contribution is 2.41. The lowest BCUT2D eigenvalue weighted by Gasteiger charge is -2.41. The average molecular weight is 415 g/mol. The fourth-order valence-corrected chi connectivity index (χ4v) is 5.09. The summed E-state index contributed by atoms with van der Waals surface area (Å²) in [5.74, 6) is 0.434. The van der Waals surface area contributed by atoms with E-state index in [1.807, 2.05) is 4.90 Å². The number of nitrogens with one attached hydrogen (secondary N) is 1. The summed E-state index contributed by atoms with van der Waals surface area (Å²) in [4.78, 5) is 18.7. The van der Waals surface area contributed by atoms with Crippen LogP contribution in [0.2, 0.25) is 0 Å². The van der Waals surface area contributed by atoms with Gasteiger partial charge in [-0.25, -0.2) is 4.68 Å². The van der Waals surface area contributed by atoms with E-state index in [1.165, 1.54) is 0 Å². The number of carbonyl (C=O) groups is 1. The number of methoxy groups -OCH3 is 1. The molecular weight excluding hydrogens is 387 g/mol. The summed E-state index contributed by atoms with van der Waals surface area (Å²) >= 11 is 0. The fourth-order valence-electron chi connectivity index (χ4n) is 5.09. The minimum atomic E-state index is -4.36. The fraction of sp³-hybridized carbons (Fsp3) is 0.842. The molecule has 2 fully saturated rings. The van der Waals surface area contributed by atoms with Gasteiger partial charge in [-0.05, 0) is 44.4 Å². The highest BCUT2D eigenvalue weighted by Gasteiger charge is 2.48. The molecule has 10 heteroatoms. The summed E-state index contributed by atoms with van der Waals surface area (Å²) in [6.45, 7) is 1.19. The molecule has 1 aliphatic carbocycles. The molecule has 0 aromatic carbocycles. The number of carbonyl (C=O) groups excluding carboxylic acids is 1. The molecule has 0 bridgehead atoms. The highest BCUT2D eigenvalue weighted by molar-refractivity contribution is 5.79. The predicted molar refractivity (Wildman–Crippen MR) is 99.2 cm³/mol. The Hall–Kier alpha value is -1.84. The van der Waals surface area contributed by atoms with E-state index in [4.69, 9.17) is 4.74 Å². The zero-order valence-electron chi connectivity index (χ0n) is 16.6. The van der Waals surface area contributed by atoms with Crippen LogP contribution in [0.5, 0.6) is 0 Å². The summed E-state index contributed by atoms with van der Waals surface area (Å²) in [6.07, 6.45) is 1.94. The van der Waals surface area contributed by atoms with Crippen LogP contribution in [-0.2, 0) is 9.53 Å². The van der Waals surface area contributed by atoms with Gasteiger partial charge >= 0.3 is 6.18 Å². The van der Waals surface area contributed by atoms with Crippen LogP contribution in [0.3, 0.4) is 0 Å². The van der Waals surface area contributed by atoms with Gasteiger partial charge in [-0.15, -0.1) is 0 Å². The van der Waals surface area contributed by atoms with Gasteiger partial charge in [-0.1, -0.05) is 6.42 Å². The maximum absolute atomic E-state index is 13.5. The molecule has 1 amide bonds. The van der Waals surface area contributed by atoms with Gasteiger partial charge < -0.3 is 15.0 Å². The van der Waals surface area contributed by atoms with Crippen molar-refractivity contribution < 1.29 is 22.7 Å². The van der Waals surface area contributed by atoms with E-state index < -0.39 is 12.2 Å². The van der Waals surface area contributed by atoms with Gasteiger partial charge in [0.2, 0.25) is 11.9 Å². The number of halogens is 3. The maximum atomic E-state index is 13.5. The third-order valence-corrected chi connectivity index (χ3v) is 6.77. The van der Waals surface area contributed by atoms with Gasteiger partial charge in [0.05, 0.1) is 6.10 Å². The molecule has 1 aromatic heterocycles. The normalized spacial score (nSPS) is 31.2. The number of alkyl halides is 3. The number of amides is 1. The van der Waals surface area contributed by atoms with E-state index in [9.17, 15) is 18.0 Å². The summed E-state index contributed by atoms with van der Waals surface area (Å²) in [7, 11) is 1.69. The SMILES string of the molecule is CO[C@H]1CCC[C@H](C(=O)N2CCC([C@@H]3C[C@H](C(F)(F)F)n4ncnc4N3)CC2)C1. The van der Waals surface area contributed by atoms with Crippen molar-refractivity contribution in [2.75, 3.05) is 25.5 Å². The lowest BCUT2D eigenvalue weighted by atomic mass is 9.83. The first-order valence-corrected chi connectivity index (χ1v) is 10.4. The smallest absolute Gasteiger partial charge is 0.381 e. The number of piperidine rings is 1. The zero-order chi connectivity index (χ0) is 20.6. The summed E-state index contributed by atoms with van der Waals surface area (Å²) in [5.41, 5.74) is 0. The van der Waals surface area contributed by atoms with E-state index in [1.54, 1.807) is 7.11 Å². The minimum absolute atomic E-state index is 0.00576. The molecule has 1 saturated carbocycles. The van der Waals surface area contributed by atoms with Crippen molar-refractivity contribution in [1.29, 1.82) is 0 Å². The van der Waals surface area contributed by atoms with Crippen LogP contribution in [0.1, 0.15) is 51.0 Å². The third-order valence-electron chi connectivity index (χ3n) is 6.77. The lowest BCUT2D eigenvalue weighted by molar-refractivity contribution is -0.174. The van der Waals surface area contributed by atoms with Crippen LogP contribution in [0.15, 0.2) is 6.33 Å². The van der Waals surface area contributed by atoms with Crippen LogP contribution >= 0.6 is 0 Å². The maximum Gasteiger partial charge on any atom is 0.411 e. The molecule has 1 saturated heterocycles. The Morgan fingerprint density at radius 2 is 1.97 bits per heavy atom. The number of likely N-dealkylation sites (tertiary alicyclic amines) is 1. The van der Waals surface area contributed by atoms with Crippen molar-refractivity contribution >= 4 is 11.9 Å². The Balaban J connectivity index is 1.36. The zero-order valence-corrected chi connectivity index (χ0v) is 16.6. The van der Waals surface area contributed by atoms with Crippen LogP contribution < -0.4 is 5.32 Å². The molecule has 29 heavy (non-hydrogen) atoms. The number of ether oxygens (including phenoxy) is 1. The molecule has 1 aromatic rings. The Morgan fingerprint density at radius 3 is 2.66 bits per heavy atom. The first kappa shape index (κ1) is 20.4. The molecule has 4 rings (SSSR count). The highest BCUT2D eigenvalue weighted by atomic mass is 19.4. The van der Waals surface area contributed by atoms with E-state index >= 15 is 0 Å². The second-order valence-electron chi connectivity index (χ2n) is 8.46. The van der Waals surface area contributed by atoms with Gasteiger partial charge in [0.1, 0.15) is 6.33 Å². The Morgan fingerprint density at radius 1 is 1.21 bits per heavy atom. The number of aromatic nitrogens is 3. The molecule has 3 aliphatic rings. The molecule has 0 spiro atoms. The third kappa shape index (κ3) is 4.22. The van der Waals surface area contributed by atoms with Gasteiger partial charge in [0.15, 0.2) is 6.04 Å². The van der Waals surface area contributed by atoms with Gasteiger partial charge in [-0.2, -0.15) is 23.3 Å². The summed E-state index contributed by atoms with van der Waals surface area (Å²) < 4.78 is 46.8. The van der Waals surface area contributed by atoms with Crippen molar-refractivity contribution in [2.24, 2.45) is 11.8 Å². The quantitative estimate of drug-likeness (QED) is 0.822. The molecule has 0 radical (unpaired) electrons. The Bertz CT molecular complexity index is 717. The molecule has 3 heterocycles. The van der Waals surface area contributed by atoms with Crippen LogP contribution in [0.25, 0.3) is 0 Å². The van der Waals surface area contributed by atoms with Crippen molar-refractivity contribution in [1.82, 2.24) is 19.7 Å². The van der Waals surface area contributed by atoms with Crippen molar-refractivity contribution in [3.05, 3.63) is 6.33 Å². The molecule has 7 nitrogen and oxygen atoms in total. The van der Waals surface area contributed by atoms with E-state index in [0.29, 0.717) is 25.9 Å². The number of anilines is 1. The second kappa shape index (κ2) is 8.12. The second-order valence-corrected chi connectivity index (χ2v) is 8.46. The molecule has 0 unspecified atom stereocenters. The number of hydrogen-bond acceptors (Lipinski definition) is 5. The number of rotatable bonds is 3. The van der Waals surface area contributed by atoms with E-state index in [0.717, 1.165) is 36.7 Å². The first-order chi connectivity index (χ1) is 13.9. The summed E-state index contributed by atoms with van der Waals surface area (Å²) in [6, 6.07) is -1.97. The average Bonchev–Trinajstić information content (AvgIpc) is 3.20. The number of hydrogen-bond donors (Lipinski definition) is 1. The minimum Gasteiger partial charge on any atom is -0.381 e. The van der Waals surface area contributed by atoms with Crippen molar-refractivity contribution in [3.8, 4) is 0 Å². The Kier molecular flexibility index (Phi) is 5.72. The van der Waals surface area contributed by atoms with E-state index in [2.05, 4.69) is 15.4 Å². The van der Waals surface area contributed by atoms with Crippen LogP contribution in [0, 0.1) is 11.8 Å². The van der Waals surface area contributed by atoms with Gasteiger partial charge in [0.25, 0.3) is 0 Å². The van der Waals surface area contributed by atoms with Crippen LogP contribution in [-0.4, -0.2) is 64.1 Å². The molecule has 2 aliphatic heterocycles. The largest absolute Gasteiger partial charge is 0.411 e. The topological polar surface area (TPSA) is 72.3 Å². The molecule has 1 N–H and O–H groups in total. The monoisotopic (exact) mass is 415 g/mol. The first-order valence-electron chi connectivity index (χ1n) is 10.4. The molecular formula is C19H28F3N5O2. The van der Waals surface area contributed by atoms with Gasteiger partial charge in [-0.3, -0.25) is 4.79 Å². The van der Waals surface area contributed by atoms with Crippen LogP contribution in [0.4, 0.5) is 19.1 Å². The molecule has 4 atom stereocenters. The predicted octanol–water partition coefficient (Wildman–Crippen LogP) is 3.01. The Labute approximate surface area is 168 Å². The molecule has 162 valence electrons. The van der Waals surface area contributed by atoms with Gasteiger partial charge in [0, 0.05) is 32.2 Å². The van der Waals surface area contributed by atoms with Crippen molar-refractivity contribution in [3.63, 3.8) is 0 Å². The number of fused-ring (bicyclic) bond motifs is 1. The number of nitrogens with zero attached hydrogens (tertiary/aromatic N) is 4. The standard InChI is InChI=1S/C19H28F3N5O2/c1-29-14-4-2-3-13(9-14)17(28)26-7-5-12(6-8-26)15-10-16(19(20,21)22)27-18(25-15)23-11-24-27/h11-16H,2-10H2,1H3,(H,23,24,25)/t13-,14-,15-,16+/m0/s1.